The Bertz CT molecular complexity index is 1400. The lowest BCUT2D eigenvalue weighted by atomic mass is 9.89. The summed E-state index contributed by atoms with van der Waals surface area (Å²) >= 11 is 0. The Balaban J connectivity index is 1.53. The Morgan fingerprint density at radius 1 is 1.20 bits per heavy atom. The SMILES string of the molecule is COc1cc(F)cc2c1nc(N)n1nc(C3CC(C)CN(c4cn(C(C)C(C)O)nc4C)C3)nc21. The zero-order chi connectivity index (χ0) is 25.0. The van der Waals surface area contributed by atoms with E-state index in [0.717, 1.165) is 24.3 Å². The van der Waals surface area contributed by atoms with Crippen molar-refractivity contribution in [2.24, 2.45) is 5.92 Å². The van der Waals surface area contributed by atoms with Crippen LogP contribution in [-0.4, -0.2) is 60.8 Å². The number of piperidine rings is 1. The molecule has 0 saturated carbocycles. The van der Waals surface area contributed by atoms with Gasteiger partial charge in [0.05, 0.1) is 36.0 Å². The standard InChI is InChI=1S/C24H31FN8O2/c1-12-6-16(10-31(9-12)19-11-32(29-13(19)2)14(3)15(4)34)22-28-23-18-7-17(25)8-20(35-5)21(18)27-24(26)33(23)30-22/h7-8,11-12,14-16,34H,6,9-10H2,1-5H3,(H2,26,27). The topological polar surface area (TPSA) is 120 Å². The van der Waals surface area contributed by atoms with Crippen LogP contribution in [0, 0.1) is 18.7 Å². The normalized spacial score (nSPS) is 20.5. The first kappa shape index (κ1) is 23.3. The molecule has 1 aromatic carbocycles. The number of aromatic nitrogens is 6. The van der Waals surface area contributed by atoms with Crippen LogP contribution >= 0.6 is 0 Å². The number of aliphatic hydroxyl groups excluding tert-OH is 1. The number of aliphatic hydroxyl groups is 1. The van der Waals surface area contributed by atoms with Gasteiger partial charge < -0.3 is 20.5 Å². The number of halogens is 1. The van der Waals surface area contributed by atoms with Gasteiger partial charge in [0.25, 0.3) is 0 Å². The van der Waals surface area contributed by atoms with Gasteiger partial charge in [-0.3, -0.25) is 4.68 Å². The van der Waals surface area contributed by atoms with Crippen LogP contribution in [0.25, 0.3) is 16.6 Å². The Kier molecular flexibility index (Phi) is 5.74. The summed E-state index contributed by atoms with van der Waals surface area (Å²) in [6.07, 6.45) is 2.41. The van der Waals surface area contributed by atoms with E-state index in [0.29, 0.717) is 40.6 Å². The molecule has 0 amide bonds. The molecule has 10 nitrogen and oxygen atoms in total. The van der Waals surface area contributed by atoms with Crippen LogP contribution < -0.4 is 15.4 Å². The van der Waals surface area contributed by atoms with Gasteiger partial charge in [0.15, 0.2) is 11.5 Å². The first-order chi connectivity index (χ1) is 16.7. The molecule has 0 bridgehead atoms. The summed E-state index contributed by atoms with van der Waals surface area (Å²) in [5, 5.41) is 19.8. The quantitative estimate of drug-likeness (QED) is 0.445. The summed E-state index contributed by atoms with van der Waals surface area (Å²) in [6, 6.07) is 2.54. The van der Waals surface area contributed by atoms with Gasteiger partial charge in [-0.15, -0.1) is 5.10 Å². The summed E-state index contributed by atoms with van der Waals surface area (Å²) in [5.74, 6) is 1.11. The van der Waals surface area contributed by atoms with E-state index in [4.69, 9.17) is 15.5 Å². The number of nitrogen functional groups attached to an aromatic ring is 1. The summed E-state index contributed by atoms with van der Waals surface area (Å²) in [4.78, 5) is 11.5. The van der Waals surface area contributed by atoms with Crippen molar-refractivity contribution in [2.75, 3.05) is 30.8 Å². The summed E-state index contributed by atoms with van der Waals surface area (Å²) in [6.45, 7) is 9.50. The third kappa shape index (κ3) is 4.03. The molecule has 4 unspecified atom stereocenters. The number of anilines is 2. The van der Waals surface area contributed by atoms with Crippen LogP contribution in [0.4, 0.5) is 16.0 Å². The average molecular weight is 483 g/mol. The van der Waals surface area contributed by atoms with Crippen molar-refractivity contribution in [3.8, 4) is 5.75 Å². The molecule has 0 aliphatic carbocycles. The van der Waals surface area contributed by atoms with Gasteiger partial charge in [-0.25, -0.2) is 14.4 Å². The molecule has 1 aliphatic heterocycles. The van der Waals surface area contributed by atoms with Gasteiger partial charge in [0, 0.05) is 31.3 Å². The molecule has 1 saturated heterocycles. The lowest BCUT2D eigenvalue weighted by Crippen LogP contribution is -2.39. The molecule has 0 spiro atoms. The second-order valence-corrected chi connectivity index (χ2v) is 9.68. The van der Waals surface area contributed by atoms with Crippen molar-refractivity contribution < 1.29 is 14.2 Å². The highest BCUT2D eigenvalue weighted by molar-refractivity contribution is 5.95. The summed E-state index contributed by atoms with van der Waals surface area (Å²) in [5.41, 5.74) is 9.07. The number of benzene rings is 1. The van der Waals surface area contributed by atoms with E-state index >= 15 is 0 Å². The van der Waals surface area contributed by atoms with Crippen molar-refractivity contribution in [3.05, 3.63) is 35.7 Å². The Labute approximate surface area is 202 Å². The minimum absolute atomic E-state index is 0.0421. The Morgan fingerprint density at radius 3 is 2.69 bits per heavy atom. The fourth-order valence-corrected chi connectivity index (χ4v) is 4.96. The average Bonchev–Trinajstić information content (AvgIpc) is 3.43. The van der Waals surface area contributed by atoms with E-state index in [9.17, 15) is 9.50 Å². The molecule has 0 radical (unpaired) electrons. The number of aryl methyl sites for hydroxylation is 1. The molecule has 3 N–H and O–H groups in total. The lowest BCUT2D eigenvalue weighted by molar-refractivity contribution is 0.132. The van der Waals surface area contributed by atoms with E-state index in [1.807, 2.05) is 24.7 Å². The molecule has 4 heterocycles. The van der Waals surface area contributed by atoms with Gasteiger partial charge in [-0.1, -0.05) is 6.92 Å². The van der Waals surface area contributed by atoms with Gasteiger partial charge >= 0.3 is 0 Å². The van der Waals surface area contributed by atoms with E-state index < -0.39 is 11.9 Å². The molecule has 3 aromatic heterocycles. The van der Waals surface area contributed by atoms with E-state index in [-0.39, 0.29) is 17.9 Å². The second-order valence-electron chi connectivity index (χ2n) is 9.68. The molecule has 186 valence electrons. The zero-order valence-corrected chi connectivity index (χ0v) is 20.6. The van der Waals surface area contributed by atoms with E-state index in [1.165, 1.54) is 23.8 Å². The van der Waals surface area contributed by atoms with Crippen LogP contribution in [0.2, 0.25) is 0 Å². The molecule has 1 aliphatic rings. The van der Waals surface area contributed by atoms with Crippen molar-refractivity contribution in [3.63, 3.8) is 0 Å². The van der Waals surface area contributed by atoms with Crippen molar-refractivity contribution in [2.45, 2.75) is 52.2 Å². The predicted octanol–water partition coefficient (Wildman–Crippen LogP) is 3.08. The highest BCUT2D eigenvalue weighted by atomic mass is 19.1. The minimum atomic E-state index is -0.505. The smallest absolute Gasteiger partial charge is 0.223 e. The third-order valence-corrected chi connectivity index (χ3v) is 6.94. The van der Waals surface area contributed by atoms with Gasteiger partial charge in [0.2, 0.25) is 5.95 Å². The second kappa shape index (κ2) is 8.63. The number of fused-ring (bicyclic) bond motifs is 3. The number of methoxy groups -OCH3 is 1. The Morgan fingerprint density at radius 2 is 1.97 bits per heavy atom. The van der Waals surface area contributed by atoms with Crippen LogP contribution in [0.1, 0.15) is 50.7 Å². The van der Waals surface area contributed by atoms with Gasteiger partial charge in [-0.2, -0.15) is 9.61 Å². The van der Waals surface area contributed by atoms with Crippen molar-refractivity contribution in [1.82, 2.24) is 29.4 Å². The molecule has 35 heavy (non-hydrogen) atoms. The first-order valence-electron chi connectivity index (χ1n) is 11.8. The molecule has 11 heteroatoms. The lowest BCUT2D eigenvalue weighted by Gasteiger charge is -2.36. The number of rotatable bonds is 5. The molecule has 5 rings (SSSR count). The summed E-state index contributed by atoms with van der Waals surface area (Å²) < 4.78 is 22.9. The number of hydrogen-bond donors (Lipinski definition) is 2. The fraction of sp³-hybridized carbons (Fsp3) is 0.500. The van der Waals surface area contributed by atoms with Crippen molar-refractivity contribution >= 4 is 28.2 Å². The van der Waals surface area contributed by atoms with Gasteiger partial charge in [-0.05, 0) is 39.2 Å². The molecular weight excluding hydrogens is 451 g/mol. The zero-order valence-electron chi connectivity index (χ0n) is 20.6. The minimum Gasteiger partial charge on any atom is -0.494 e. The number of ether oxygens (including phenoxy) is 1. The molecule has 4 aromatic rings. The van der Waals surface area contributed by atoms with Gasteiger partial charge in [0.1, 0.15) is 17.1 Å². The highest BCUT2D eigenvalue weighted by Gasteiger charge is 2.31. The predicted molar refractivity (Wildman–Crippen MR) is 131 cm³/mol. The van der Waals surface area contributed by atoms with Crippen LogP contribution in [-0.2, 0) is 0 Å². The summed E-state index contributed by atoms with van der Waals surface area (Å²) in [7, 11) is 1.47. The van der Waals surface area contributed by atoms with Crippen LogP contribution in [0.5, 0.6) is 5.75 Å². The molecule has 1 fully saturated rings. The first-order valence-corrected chi connectivity index (χ1v) is 11.8. The van der Waals surface area contributed by atoms with Crippen molar-refractivity contribution in [1.29, 1.82) is 0 Å². The number of hydrogen-bond acceptors (Lipinski definition) is 8. The largest absolute Gasteiger partial charge is 0.494 e. The monoisotopic (exact) mass is 482 g/mol. The maximum Gasteiger partial charge on any atom is 0.223 e. The maximum absolute atomic E-state index is 14.3. The van der Waals surface area contributed by atoms with Crippen LogP contribution in [0.15, 0.2) is 18.3 Å². The highest BCUT2D eigenvalue weighted by Crippen LogP contribution is 2.35. The van der Waals surface area contributed by atoms with E-state index in [1.54, 1.807) is 6.92 Å². The van der Waals surface area contributed by atoms with E-state index in [2.05, 4.69) is 27.0 Å². The Hall–Kier alpha value is -3.47. The number of nitrogens with two attached hydrogens (primary N) is 1. The third-order valence-electron chi connectivity index (χ3n) is 6.94. The maximum atomic E-state index is 14.3. The number of nitrogens with zero attached hydrogens (tertiary/aromatic N) is 7. The molecule has 4 atom stereocenters. The van der Waals surface area contributed by atoms with Crippen LogP contribution in [0.3, 0.4) is 0 Å². The molecular formula is C24H31FN8O2. The fourth-order valence-electron chi connectivity index (χ4n) is 4.96.